The van der Waals surface area contributed by atoms with E-state index in [0.717, 1.165) is 21.3 Å². The largest absolute Gasteiger partial charge is 0.744 e. The lowest BCUT2D eigenvalue weighted by Crippen LogP contribution is -2.49. The standard InChI is InChI=1S/C33H35F3N8O3.C6H6O3S/c1-22-30(28-12-16-38-43(28)26-10-8-23(21-37)9-11-26)42(32(47)41(22)27-7-5-6-24(20-27)33(34,35)36)31(46)39-25-13-17-40(18-14-25)29(45)15-19-44(2,3)4;7-10(8,9)6-4-2-1-3-5-6/h5-12,16,20,25H,13-15,17-19H2,1-4H3;1-5H,(H,7,8,9). The number of aromatic nitrogens is 4. The van der Waals surface area contributed by atoms with E-state index in [1.807, 2.05) is 27.2 Å². The Morgan fingerprint density at radius 2 is 1.61 bits per heavy atom. The van der Waals surface area contributed by atoms with E-state index in [0.29, 0.717) is 60.3 Å². The molecular formula is C39H41F3N8O6S. The maximum absolute atomic E-state index is 14.0. The first-order chi connectivity index (χ1) is 26.8. The van der Waals surface area contributed by atoms with Crippen molar-refractivity contribution >= 4 is 22.1 Å². The molecule has 2 aromatic heterocycles. The number of rotatable bonds is 8. The van der Waals surface area contributed by atoms with Gasteiger partial charge in [0.05, 0.1) is 85.2 Å². The molecule has 3 heterocycles. The number of hydrogen-bond donors (Lipinski definition) is 1. The number of nitrogens with one attached hydrogen (secondary N) is 1. The highest BCUT2D eigenvalue weighted by Crippen LogP contribution is 2.32. The third-order valence-corrected chi connectivity index (χ3v) is 10.1. The van der Waals surface area contributed by atoms with E-state index in [4.69, 9.17) is 0 Å². The highest BCUT2D eigenvalue weighted by Gasteiger charge is 2.33. The minimum Gasteiger partial charge on any atom is -0.744 e. The zero-order valence-corrected chi connectivity index (χ0v) is 32.4. The van der Waals surface area contributed by atoms with E-state index in [9.17, 15) is 45.8 Å². The molecule has 18 heteroatoms. The van der Waals surface area contributed by atoms with Gasteiger partial charge in [-0.3, -0.25) is 9.36 Å². The van der Waals surface area contributed by atoms with Crippen LogP contribution >= 0.6 is 0 Å². The number of nitriles is 1. The molecule has 0 radical (unpaired) electrons. The molecule has 1 aliphatic heterocycles. The number of halogens is 3. The molecule has 2 amide bonds. The number of benzene rings is 3. The summed E-state index contributed by atoms with van der Waals surface area (Å²) in [5, 5.41) is 16.5. The van der Waals surface area contributed by atoms with Gasteiger partial charge in [0.25, 0.3) is 0 Å². The summed E-state index contributed by atoms with van der Waals surface area (Å²) < 4.78 is 75.9. The molecule has 14 nitrogen and oxygen atoms in total. The molecule has 0 spiro atoms. The number of nitrogens with zero attached hydrogens (tertiary/aromatic N) is 7. The number of imidazole rings is 1. The van der Waals surface area contributed by atoms with Crippen molar-refractivity contribution in [2.24, 2.45) is 0 Å². The van der Waals surface area contributed by atoms with Crippen LogP contribution < -0.4 is 11.0 Å². The summed E-state index contributed by atoms with van der Waals surface area (Å²) in [5.74, 6) is 0.0474. The van der Waals surface area contributed by atoms with Crippen molar-refractivity contribution in [3.8, 4) is 28.8 Å². The molecule has 6 rings (SSSR count). The van der Waals surface area contributed by atoms with Gasteiger partial charge in [-0.05, 0) is 80.4 Å². The lowest BCUT2D eigenvalue weighted by Gasteiger charge is -2.33. The van der Waals surface area contributed by atoms with Crippen LogP contribution in [0, 0.1) is 18.3 Å². The van der Waals surface area contributed by atoms with Crippen LogP contribution in [0.4, 0.5) is 18.0 Å². The summed E-state index contributed by atoms with van der Waals surface area (Å²) in [6, 6.07) is 20.6. The molecule has 0 saturated carbocycles. The number of quaternary nitrogens is 1. The number of hydrogen-bond acceptors (Lipinski definition) is 8. The molecule has 0 bridgehead atoms. The molecule has 0 aliphatic carbocycles. The van der Waals surface area contributed by atoms with Crippen LogP contribution in [0.15, 0.2) is 101 Å². The van der Waals surface area contributed by atoms with Gasteiger partial charge in [0.15, 0.2) is 0 Å². The highest BCUT2D eigenvalue weighted by atomic mass is 32.2. The third-order valence-electron chi connectivity index (χ3n) is 9.25. The van der Waals surface area contributed by atoms with Gasteiger partial charge < -0.3 is 19.3 Å². The van der Waals surface area contributed by atoms with Crippen LogP contribution in [0.3, 0.4) is 0 Å². The maximum Gasteiger partial charge on any atom is 0.416 e. The SMILES string of the molecule is Cc1c(-c2ccnn2-c2ccc(C#N)cc2)n(C(=O)NC2CCN(C(=O)CC[N+](C)(C)C)CC2)c(=O)n1-c1cccc(C(F)(F)F)c1.O=S(=O)([O-])c1ccccc1. The van der Waals surface area contributed by atoms with Gasteiger partial charge >= 0.3 is 17.9 Å². The van der Waals surface area contributed by atoms with Crippen molar-refractivity contribution in [2.75, 3.05) is 40.8 Å². The topological polar surface area (TPSA) is 175 Å². The number of likely N-dealkylation sites (tertiary alicyclic amines) is 1. The van der Waals surface area contributed by atoms with Gasteiger partial charge in [0, 0.05) is 19.1 Å². The molecule has 300 valence electrons. The van der Waals surface area contributed by atoms with Crippen LogP contribution in [0.1, 0.15) is 36.1 Å². The monoisotopic (exact) mass is 806 g/mol. The Hall–Kier alpha value is -6.03. The van der Waals surface area contributed by atoms with Gasteiger partial charge in [-0.1, -0.05) is 24.3 Å². The number of amides is 2. The average molecular weight is 807 g/mol. The van der Waals surface area contributed by atoms with E-state index >= 15 is 0 Å². The lowest BCUT2D eigenvalue weighted by atomic mass is 10.0. The molecule has 1 fully saturated rings. The second-order valence-electron chi connectivity index (χ2n) is 14.4. The van der Waals surface area contributed by atoms with Gasteiger partial charge in [-0.15, -0.1) is 0 Å². The smallest absolute Gasteiger partial charge is 0.416 e. The van der Waals surface area contributed by atoms with E-state index in [1.54, 1.807) is 48.2 Å². The van der Waals surface area contributed by atoms with Crippen molar-refractivity contribution < 1.29 is 40.2 Å². The summed E-state index contributed by atoms with van der Waals surface area (Å²) in [6.45, 7) is 3.14. The zero-order valence-electron chi connectivity index (χ0n) is 31.6. The van der Waals surface area contributed by atoms with Crippen molar-refractivity contribution in [3.05, 3.63) is 118 Å². The maximum atomic E-state index is 14.0. The molecule has 3 aromatic carbocycles. The number of carbonyl (C=O) groups excluding carboxylic acids is 2. The second-order valence-corrected chi connectivity index (χ2v) is 15.7. The van der Waals surface area contributed by atoms with Crippen molar-refractivity contribution in [2.45, 2.75) is 43.3 Å². The predicted octanol–water partition coefficient (Wildman–Crippen LogP) is 4.93. The van der Waals surface area contributed by atoms with Crippen molar-refractivity contribution in [1.29, 1.82) is 5.26 Å². The Morgan fingerprint density at radius 1 is 0.965 bits per heavy atom. The Labute approximate surface area is 327 Å². The summed E-state index contributed by atoms with van der Waals surface area (Å²) in [5.41, 5.74) is -0.191. The lowest BCUT2D eigenvalue weighted by molar-refractivity contribution is -0.869. The first-order valence-electron chi connectivity index (χ1n) is 17.8. The van der Waals surface area contributed by atoms with Crippen LogP contribution in [0.25, 0.3) is 22.8 Å². The fourth-order valence-corrected chi connectivity index (χ4v) is 6.77. The molecule has 57 heavy (non-hydrogen) atoms. The molecule has 1 saturated heterocycles. The van der Waals surface area contributed by atoms with E-state index < -0.39 is 33.6 Å². The van der Waals surface area contributed by atoms with Crippen molar-refractivity contribution in [1.82, 2.24) is 29.1 Å². The molecule has 0 atom stereocenters. The van der Waals surface area contributed by atoms with E-state index in [2.05, 4.69) is 10.4 Å². The third kappa shape index (κ3) is 10.2. The minimum absolute atomic E-state index is 0.0474. The number of alkyl halides is 3. The first kappa shape index (κ1) is 42.1. The fraction of sp³-hybridized carbons (Fsp3) is 0.308. The fourth-order valence-electron chi connectivity index (χ4n) is 6.27. The zero-order chi connectivity index (χ0) is 41.7. The van der Waals surface area contributed by atoms with Gasteiger partial charge in [0.1, 0.15) is 15.8 Å². The van der Waals surface area contributed by atoms with Crippen LogP contribution in [-0.2, 0) is 21.1 Å². The van der Waals surface area contributed by atoms with E-state index in [-0.39, 0.29) is 33.9 Å². The number of carbonyl (C=O) groups is 2. The van der Waals surface area contributed by atoms with Crippen LogP contribution in [-0.4, -0.2) is 100 Å². The normalized spacial score (nSPS) is 13.7. The number of piperidine rings is 1. The van der Waals surface area contributed by atoms with Gasteiger partial charge in [-0.25, -0.2) is 27.3 Å². The highest BCUT2D eigenvalue weighted by molar-refractivity contribution is 7.85. The second kappa shape index (κ2) is 17.0. The molecule has 0 unspecified atom stereocenters. The summed E-state index contributed by atoms with van der Waals surface area (Å²) >= 11 is 0. The molecule has 1 N–H and O–H groups in total. The average Bonchev–Trinajstić information content (AvgIpc) is 3.75. The minimum atomic E-state index is -4.65. The molecular weight excluding hydrogens is 766 g/mol. The summed E-state index contributed by atoms with van der Waals surface area (Å²) in [6.07, 6.45) is -1.81. The van der Waals surface area contributed by atoms with Gasteiger partial charge in [-0.2, -0.15) is 23.5 Å². The molecule has 5 aromatic rings. The van der Waals surface area contributed by atoms with Crippen molar-refractivity contribution in [3.63, 3.8) is 0 Å². The Balaban J connectivity index is 0.000000540. The van der Waals surface area contributed by atoms with Crippen LogP contribution in [0.2, 0.25) is 0 Å². The molecule has 1 aliphatic rings. The Morgan fingerprint density at radius 3 is 2.18 bits per heavy atom. The first-order valence-corrected chi connectivity index (χ1v) is 19.2. The van der Waals surface area contributed by atoms with Gasteiger partial charge in [0.2, 0.25) is 5.91 Å². The van der Waals surface area contributed by atoms with E-state index in [1.165, 1.54) is 47.3 Å². The predicted molar refractivity (Wildman–Crippen MR) is 202 cm³/mol. The summed E-state index contributed by atoms with van der Waals surface area (Å²) in [7, 11) is 1.80. The quantitative estimate of drug-likeness (QED) is 0.170. The van der Waals surface area contributed by atoms with Crippen LogP contribution in [0.5, 0.6) is 0 Å². The summed E-state index contributed by atoms with van der Waals surface area (Å²) in [4.78, 5) is 42.3. The Bertz CT molecular complexity index is 2440. The Kier molecular flexibility index (Phi) is 12.6.